The highest BCUT2D eigenvalue weighted by atomic mass is 32.1. The molecular weight excluding hydrogens is 686 g/mol. The maximum Gasteiger partial charge on any atom is 0.410 e. The third-order valence-electron chi connectivity index (χ3n) is 8.51. The van der Waals surface area contributed by atoms with Crippen LogP contribution in [0.4, 0.5) is 20.7 Å². The zero-order valence-corrected chi connectivity index (χ0v) is 30.6. The fraction of sp³-hybridized carbons (Fsp3) is 0.333. The van der Waals surface area contributed by atoms with Crippen molar-refractivity contribution in [3.63, 3.8) is 0 Å². The van der Waals surface area contributed by atoms with E-state index in [1.54, 1.807) is 25.2 Å². The van der Waals surface area contributed by atoms with Crippen molar-refractivity contribution in [1.82, 2.24) is 20.2 Å². The van der Waals surface area contributed by atoms with Crippen LogP contribution >= 0.6 is 11.3 Å². The van der Waals surface area contributed by atoms with Gasteiger partial charge in [0.1, 0.15) is 35.4 Å². The largest absolute Gasteiger partial charge is 0.495 e. The predicted octanol–water partition coefficient (Wildman–Crippen LogP) is 8.01. The number of benzene rings is 3. The third-order valence-corrected chi connectivity index (χ3v) is 9.43. The van der Waals surface area contributed by atoms with Crippen LogP contribution in [-0.4, -0.2) is 72.4 Å². The van der Waals surface area contributed by atoms with Crippen LogP contribution in [0.3, 0.4) is 0 Å². The summed E-state index contributed by atoms with van der Waals surface area (Å²) in [5.41, 5.74) is 3.34. The van der Waals surface area contributed by atoms with Crippen LogP contribution in [-0.2, 0) is 11.2 Å². The molecule has 3 aromatic carbocycles. The number of hydrogen-bond donors (Lipinski definition) is 2. The summed E-state index contributed by atoms with van der Waals surface area (Å²) in [6, 6.07) is 17.6. The van der Waals surface area contributed by atoms with E-state index in [1.807, 2.05) is 68.6 Å². The Balaban J connectivity index is 1.17. The summed E-state index contributed by atoms with van der Waals surface area (Å²) in [5.74, 6) is 1.74. The maximum absolute atomic E-state index is 13.5. The van der Waals surface area contributed by atoms with Gasteiger partial charge in [-0.2, -0.15) is 0 Å². The molecule has 5 aromatic rings. The quantitative estimate of drug-likeness (QED) is 0.139. The Bertz CT molecular complexity index is 2060. The van der Waals surface area contributed by atoms with Crippen molar-refractivity contribution in [2.75, 3.05) is 39.2 Å². The Morgan fingerprint density at radius 2 is 1.73 bits per heavy atom. The highest BCUT2D eigenvalue weighted by Gasteiger charge is 2.28. The molecule has 0 saturated carbocycles. The van der Waals surface area contributed by atoms with Gasteiger partial charge in [-0.15, -0.1) is 11.3 Å². The number of halogens is 1. The summed E-state index contributed by atoms with van der Waals surface area (Å²) < 4.78 is 36.9. The number of nitrogens with zero attached hydrogens (tertiary/aromatic N) is 3. The number of rotatable bonds is 11. The Labute approximate surface area is 306 Å². The molecule has 6 rings (SSSR count). The second-order valence-electron chi connectivity index (χ2n) is 13.4. The molecule has 13 heteroatoms. The minimum Gasteiger partial charge on any atom is -0.495 e. The van der Waals surface area contributed by atoms with Gasteiger partial charge in [0.15, 0.2) is 11.5 Å². The van der Waals surface area contributed by atoms with Crippen LogP contribution < -0.4 is 24.8 Å². The molecule has 0 bridgehead atoms. The Morgan fingerprint density at radius 1 is 0.942 bits per heavy atom. The monoisotopic (exact) mass is 727 g/mol. The molecule has 2 aromatic heterocycles. The average Bonchev–Trinajstić information content (AvgIpc) is 3.62. The second-order valence-corrected chi connectivity index (χ2v) is 14.3. The van der Waals surface area contributed by atoms with Crippen molar-refractivity contribution in [2.45, 2.75) is 51.7 Å². The van der Waals surface area contributed by atoms with Crippen molar-refractivity contribution < 1.29 is 32.9 Å². The molecule has 0 aliphatic carbocycles. The highest BCUT2D eigenvalue weighted by Crippen LogP contribution is 2.39. The van der Waals surface area contributed by atoms with Gasteiger partial charge < -0.3 is 34.5 Å². The zero-order valence-electron chi connectivity index (χ0n) is 29.8. The summed E-state index contributed by atoms with van der Waals surface area (Å²) in [6.07, 6.45) is 2.84. The Kier molecular flexibility index (Phi) is 11.1. The van der Waals surface area contributed by atoms with Crippen molar-refractivity contribution in [3.8, 4) is 28.4 Å². The van der Waals surface area contributed by atoms with E-state index >= 15 is 0 Å². The van der Waals surface area contributed by atoms with Crippen LogP contribution in [0.2, 0.25) is 0 Å². The first-order valence-corrected chi connectivity index (χ1v) is 17.9. The van der Waals surface area contributed by atoms with Crippen molar-refractivity contribution in [3.05, 3.63) is 88.6 Å². The number of ether oxygens (including phenoxy) is 4. The van der Waals surface area contributed by atoms with Gasteiger partial charge in [-0.1, -0.05) is 18.2 Å². The van der Waals surface area contributed by atoms with Crippen molar-refractivity contribution in [1.29, 1.82) is 0 Å². The molecule has 1 aliphatic rings. The van der Waals surface area contributed by atoms with Crippen molar-refractivity contribution in [2.24, 2.45) is 0 Å². The molecule has 52 heavy (non-hydrogen) atoms. The summed E-state index contributed by atoms with van der Waals surface area (Å²) >= 11 is 1.35. The van der Waals surface area contributed by atoms with E-state index in [1.165, 1.54) is 29.8 Å². The SMILES string of the molecule is COc1ccc(-c2csc(C(=O)NCCc3cccc(F)c3)c2)cc1Nc1ncnc2cc(OC)c(OC3CCN(C(=O)OC(C)(C)C)CC3)cc12. The summed E-state index contributed by atoms with van der Waals surface area (Å²) in [7, 11) is 3.18. The van der Waals surface area contributed by atoms with Gasteiger partial charge in [0.25, 0.3) is 5.91 Å². The number of fused-ring (bicyclic) bond motifs is 1. The lowest BCUT2D eigenvalue weighted by Crippen LogP contribution is -2.44. The van der Waals surface area contributed by atoms with Gasteiger partial charge >= 0.3 is 6.09 Å². The van der Waals surface area contributed by atoms with E-state index in [0.29, 0.717) is 83.4 Å². The highest BCUT2D eigenvalue weighted by molar-refractivity contribution is 7.12. The van der Waals surface area contributed by atoms with Crippen LogP contribution in [0, 0.1) is 5.82 Å². The number of likely N-dealkylation sites (tertiary alicyclic amines) is 1. The number of aromatic nitrogens is 2. The maximum atomic E-state index is 13.5. The molecular formula is C39H42FN5O6S. The smallest absolute Gasteiger partial charge is 0.410 e. The zero-order chi connectivity index (χ0) is 36.8. The molecule has 0 unspecified atom stereocenters. The summed E-state index contributed by atoms with van der Waals surface area (Å²) in [4.78, 5) is 36.8. The molecule has 0 spiro atoms. The predicted molar refractivity (Wildman–Crippen MR) is 200 cm³/mol. The van der Waals surface area contributed by atoms with Gasteiger partial charge in [0.2, 0.25) is 0 Å². The van der Waals surface area contributed by atoms with Gasteiger partial charge in [-0.05, 0) is 85.7 Å². The summed E-state index contributed by atoms with van der Waals surface area (Å²) in [6.45, 7) is 7.01. The first kappa shape index (κ1) is 36.4. The van der Waals surface area contributed by atoms with Crippen LogP contribution in [0.1, 0.15) is 48.8 Å². The van der Waals surface area contributed by atoms with E-state index in [4.69, 9.17) is 18.9 Å². The van der Waals surface area contributed by atoms with Gasteiger partial charge in [0, 0.05) is 43.9 Å². The molecule has 1 aliphatic heterocycles. The second kappa shape index (κ2) is 15.9. The van der Waals surface area contributed by atoms with E-state index < -0.39 is 5.60 Å². The average molecular weight is 728 g/mol. The molecule has 0 atom stereocenters. The van der Waals surface area contributed by atoms with Crippen LogP contribution in [0.15, 0.2) is 72.4 Å². The number of carbonyl (C=O) groups excluding carboxylic acids is 2. The number of hydrogen-bond acceptors (Lipinski definition) is 10. The number of methoxy groups -OCH3 is 2. The van der Waals surface area contributed by atoms with Gasteiger partial charge in [-0.25, -0.2) is 19.2 Å². The number of nitrogens with one attached hydrogen (secondary N) is 2. The minimum absolute atomic E-state index is 0.131. The molecule has 2 N–H and O–H groups in total. The number of piperidine rings is 1. The molecule has 3 heterocycles. The lowest BCUT2D eigenvalue weighted by atomic mass is 10.1. The van der Waals surface area contributed by atoms with Crippen molar-refractivity contribution >= 4 is 45.7 Å². The first-order valence-electron chi connectivity index (χ1n) is 17.0. The molecule has 1 saturated heterocycles. The fourth-order valence-corrected chi connectivity index (χ4v) is 6.73. The van der Waals surface area contributed by atoms with E-state index in [2.05, 4.69) is 20.6 Å². The molecule has 272 valence electrons. The summed E-state index contributed by atoms with van der Waals surface area (Å²) in [5, 5.41) is 9.00. The molecule has 1 fully saturated rings. The van der Waals surface area contributed by atoms with Gasteiger partial charge in [-0.3, -0.25) is 4.79 Å². The lowest BCUT2D eigenvalue weighted by molar-refractivity contribution is 0.0124. The van der Waals surface area contributed by atoms with E-state index in [-0.39, 0.29) is 23.9 Å². The van der Waals surface area contributed by atoms with E-state index in [9.17, 15) is 14.0 Å². The third kappa shape index (κ3) is 8.89. The normalized spacial score (nSPS) is 13.5. The molecule has 0 radical (unpaired) electrons. The van der Waals surface area contributed by atoms with Crippen LogP contribution in [0.25, 0.3) is 22.0 Å². The molecule has 11 nitrogen and oxygen atoms in total. The van der Waals surface area contributed by atoms with Crippen LogP contribution in [0.5, 0.6) is 17.2 Å². The van der Waals surface area contributed by atoms with Gasteiger partial charge in [0.05, 0.1) is 30.3 Å². The van der Waals surface area contributed by atoms with E-state index in [0.717, 1.165) is 16.7 Å². The Hall–Kier alpha value is -5.43. The number of thiophene rings is 1. The minimum atomic E-state index is -0.554. The number of anilines is 2. The molecule has 2 amide bonds. The number of carbonyl (C=O) groups is 2. The first-order chi connectivity index (χ1) is 25.0. The number of amides is 2. The fourth-order valence-electron chi connectivity index (χ4n) is 5.90. The Morgan fingerprint density at radius 3 is 2.46 bits per heavy atom. The lowest BCUT2D eigenvalue weighted by Gasteiger charge is -2.33. The standard InChI is InChI=1S/C39H42FN5O6S/c1-39(2,3)51-38(47)45-15-12-28(13-16-45)50-34-20-29-30(21-33(34)49-5)42-23-43-36(29)44-31-18-25(9-10-32(31)48-4)26-19-35(52-22-26)37(46)41-14-11-24-7-6-8-27(40)17-24/h6-10,17-23,28H,11-16H2,1-5H3,(H,41,46)(H,42,43,44). The topological polar surface area (TPSA) is 124 Å².